The Kier molecular flexibility index (Phi) is 4.20. The van der Waals surface area contributed by atoms with Crippen molar-refractivity contribution in [2.24, 2.45) is 5.73 Å². The fraction of sp³-hybridized carbons (Fsp3) is 0.538. The summed E-state index contributed by atoms with van der Waals surface area (Å²) in [6, 6.07) is 3.36. The minimum Gasteiger partial charge on any atom is -0.324 e. The number of benzene rings is 1. The van der Waals surface area contributed by atoms with Crippen LogP contribution in [0.1, 0.15) is 41.1 Å². The van der Waals surface area contributed by atoms with E-state index in [0.717, 1.165) is 22.3 Å². The van der Waals surface area contributed by atoms with Crippen LogP contribution in [0.15, 0.2) is 12.1 Å². The van der Waals surface area contributed by atoms with E-state index in [1.165, 1.54) is 0 Å². The van der Waals surface area contributed by atoms with Crippen molar-refractivity contribution in [2.75, 3.05) is 0 Å². The molecule has 1 nitrogen and oxygen atoms in total. The predicted octanol–water partition coefficient (Wildman–Crippen LogP) is 3.95. The average Bonchev–Trinajstić information content (AvgIpc) is 2.11. The highest BCUT2D eigenvalue weighted by Crippen LogP contribution is 2.29. The lowest BCUT2D eigenvalue weighted by Crippen LogP contribution is -2.17. The molecule has 0 bridgehead atoms. The van der Waals surface area contributed by atoms with Gasteiger partial charge < -0.3 is 5.73 Å². The number of rotatable bonds is 3. The van der Waals surface area contributed by atoms with Gasteiger partial charge in [-0.15, -0.1) is 0 Å². The Labute approximate surface area is 99.8 Å². The van der Waals surface area contributed by atoms with Crippen LogP contribution in [-0.4, -0.2) is 6.18 Å². The second kappa shape index (κ2) is 5.08. The third kappa shape index (κ3) is 4.04. The van der Waals surface area contributed by atoms with Crippen molar-refractivity contribution in [1.29, 1.82) is 0 Å². The highest BCUT2D eigenvalue weighted by atomic mass is 19.4. The first-order chi connectivity index (χ1) is 7.70. The van der Waals surface area contributed by atoms with Gasteiger partial charge in [0.2, 0.25) is 0 Å². The Morgan fingerprint density at radius 3 is 2.00 bits per heavy atom. The summed E-state index contributed by atoms with van der Waals surface area (Å²) in [6.07, 6.45) is -5.03. The molecule has 0 fully saturated rings. The van der Waals surface area contributed by atoms with E-state index in [1.54, 1.807) is 0 Å². The van der Waals surface area contributed by atoms with Crippen molar-refractivity contribution in [3.8, 4) is 0 Å². The van der Waals surface area contributed by atoms with Gasteiger partial charge in [-0.1, -0.05) is 17.7 Å². The Morgan fingerprint density at radius 2 is 1.59 bits per heavy atom. The second-order valence-electron chi connectivity index (χ2n) is 4.57. The molecule has 1 aromatic carbocycles. The topological polar surface area (TPSA) is 26.0 Å². The molecule has 0 aliphatic rings. The zero-order valence-corrected chi connectivity index (χ0v) is 10.4. The number of alkyl halides is 3. The molecule has 0 spiro atoms. The molecular weight excluding hydrogens is 227 g/mol. The first-order valence-corrected chi connectivity index (χ1v) is 5.61. The van der Waals surface area contributed by atoms with E-state index >= 15 is 0 Å². The monoisotopic (exact) mass is 245 g/mol. The van der Waals surface area contributed by atoms with Gasteiger partial charge in [0, 0.05) is 12.5 Å². The highest BCUT2D eigenvalue weighted by molar-refractivity contribution is 5.39. The Bertz CT molecular complexity index is 373. The summed E-state index contributed by atoms with van der Waals surface area (Å²) < 4.78 is 36.4. The van der Waals surface area contributed by atoms with Crippen molar-refractivity contribution in [1.82, 2.24) is 0 Å². The van der Waals surface area contributed by atoms with E-state index in [0.29, 0.717) is 0 Å². The molecule has 0 aliphatic heterocycles. The van der Waals surface area contributed by atoms with Gasteiger partial charge in [-0.05, 0) is 43.9 Å². The molecular formula is C13H18F3N. The third-order valence-corrected chi connectivity index (χ3v) is 2.85. The molecule has 4 heteroatoms. The molecule has 0 aromatic heterocycles. The molecule has 1 aromatic rings. The molecule has 1 rings (SSSR count). The maximum Gasteiger partial charge on any atom is 0.389 e. The lowest BCUT2D eigenvalue weighted by atomic mass is 9.92. The lowest BCUT2D eigenvalue weighted by molar-refractivity contribution is -0.136. The molecule has 0 heterocycles. The van der Waals surface area contributed by atoms with E-state index < -0.39 is 18.6 Å². The van der Waals surface area contributed by atoms with Gasteiger partial charge >= 0.3 is 6.18 Å². The maximum absolute atomic E-state index is 12.1. The van der Waals surface area contributed by atoms with Gasteiger partial charge in [0.25, 0.3) is 0 Å². The van der Waals surface area contributed by atoms with Gasteiger partial charge in [-0.3, -0.25) is 0 Å². The van der Waals surface area contributed by atoms with Crippen molar-refractivity contribution in [3.05, 3.63) is 34.4 Å². The van der Waals surface area contributed by atoms with E-state index in [9.17, 15) is 13.2 Å². The number of aryl methyl sites for hydroxylation is 3. The molecule has 0 aliphatic carbocycles. The van der Waals surface area contributed by atoms with Gasteiger partial charge in [-0.25, -0.2) is 0 Å². The van der Waals surface area contributed by atoms with Crippen LogP contribution in [0.5, 0.6) is 0 Å². The largest absolute Gasteiger partial charge is 0.389 e. The molecule has 0 unspecified atom stereocenters. The number of hydrogen-bond donors (Lipinski definition) is 1. The molecule has 0 saturated carbocycles. The van der Waals surface area contributed by atoms with Crippen molar-refractivity contribution < 1.29 is 13.2 Å². The van der Waals surface area contributed by atoms with Crippen molar-refractivity contribution in [3.63, 3.8) is 0 Å². The van der Waals surface area contributed by atoms with E-state index in [1.807, 2.05) is 32.9 Å². The van der Waals surface area contributed by atoms with Gasteiger partial charge in [0.05, 0.1) is 0 Å². The van der Waals surface area contributed by atoms with Gasteiger partial charge in [0.1, 0.15) is 0 Å². The van der Waals surface area contributed by atoms with Crippen LogP contribution in [0.3, 0.4) is 0 Å². The number of nitrogens with two attached hydrogens (primary N) is 1. The Balaban J connectivity index is 2.86. The summed E-state index contributed by atoms with van der Waals surface area (Å²) in [5.74, 6) is 0. The van der Waals surface area contributed by atoms with Crippen molar-refractivity contribution in [2.45, 2.75) is 45.8 Å². The average molecular weight is 245 g/mol. The van der Waals surface area contributed by atoms with Gasteiger partial charge in [0.15, 0.2) is 0 Å². The summed E-state index contributed by atoms with van der Waals surface area (Å²) in [5.41, 5.74) is 9.74. The quantitative estimate of drug-likeness (QED) is 0.857. The summed E-state index contributed by atoms with van der Waals surface area (Å²) in [6.45, 7) is 5.75. The Hall–Kier alpha value is -1.03. The molecule has 0 saturated heterocycles. The first-order valence-electron chi connectivity index (χ1n) is 5.61. The maximum atomic E-state index is 12.1. The van der Waals surface area contributed by atoms with Gasteiger partial charge in [-0.2, -0.15) is 13.2 Å². The molecule has 2 N–H and O–H groups in total. The fourth-order valence-corrected chi connectivity index (χ4v) is 2.24. The summed E-state index contributed by atoms with van der Waals surface area (Å²) in [5, 5.41) is 0. The van der Waals surface area contributed by atoms with Crippen LogP contribution < -0.4 is 5.73 Å². The normalized spacial score (nSPS) is 13.8. The van der Waals surface area contributed by atoms with Crippen LogP contribution in [0.2, 0.25) is 0 Å². The summed E-state index contributed by atoms with van der Waals surface area (Å²) >= 11 is 0. The van der Waals surface area contributed by atoms with Crippen LogP contribution in [0.25, 0.3) is 0 Å². The zero-order valence-electron chi connectivity index (χ0n) is 10.4. The van der Waals surface area contributed by atoms with E-state index in [4.69, 9.17) is 5.73 Å². The van der Waals surface area contributed by atoms with Crippen molar-refractivity contribution >= 4 is 0 Å². The summed E-state index contributed by atoms with van der Waals surface area (Å²) in [4.78, 5) is 0. The minimum absolute atomic E-state index is 0.0613. The molecule has 0 amide bonds. The highest BCUT2D eigenvalue weighted by Gasteiger charge is 2.28. The first kappa shape index (κ1) is 14.0. The lowest BCUT2D eigenvalue weighted by Gasteiger charge is -2.19. The molecule has 17 heavy (non-hydrogen) atoms. The molecule has 96 valence electrons. The number of halogens is 3. The second-order valence-corrected chi connectivity index (χ2v) is 4.57. The smallest absolute Gasteiger partial charge is 0.324 e. The zero-order chi connectivity index (χ0) is 13.2. The van der Waals surface area contributed by atoms with Crippen LogP contribution >= 0.6 is 0 Å². The van der Waals surface area contributed by atoms with Crippen LogP contribution in [0.4, 0.5) is 13.2 Å². The SMILES string of the molecule is Cc1cc(C)c([C@@H](N)CCC(F)(F)F)c(C)c1. The third-order valence-electron chi connectivity index (χ3n) is 2.85. The predicted molar refractivity (Wildman–Crippen MR) is 62.9 cm³/mol. The van der Waals surface area contributed by atoms with E-state index in [-0.39, 0.29) is 6.42 Å². The minimum atomic E-state index is -4.13. The molecule has 0 radical (unpaired) electrons. The Morgan fingerprint density at radius 1 is 1.12 bits per heavy atom. The van der Waals surface area contributed by atoms with E-state index in [2.05, 4.69) is 0 Å². The standard InChI is InChI=1S/C13H18F3N/c1-8-6-9(2)12(10(3)7-8)11(17)4-5-13(14,15)16/h6-7,11H,4-5,17H2,1-3H3/t11-/m0/s1. The molecule has 1 atom stereocenters. The summed E-state index contributed by atoms with van der Waals surface area (Å²) in [7, 11) is 0. The number of hydrogen-bond acceptors (Lipinski definition) is 1. The fourth-order valence-electron chi connectivity index (χ4n) is 2.24. The van der Waals surface area contributed by atoms with Crippen LogP contribution in [-0.2, 0) is 0 Å². The van der Waals surface area contributed by atoms with Crippen LogP contribution in [0, 0.1) is 20.8 Å².